The Morgan fingerprint density at radius 2 is 2.24 bits per heavy atom. The van der Waals surface area contributed by atoms with Gasteiger partial charge in [0.05, 0.1) is 12.8 Å². The largest absolute Gasteiger partial charge is 0.464 e. The zero-order chi connectivity index (χ0) is 14.8. The topological polar surface area (TPSA) is 73.3 Å². The van der Waals surface area contributed by atoms with Crippen molar-refractivity contribution in [3.63, 3.8) is 0 Å². The van der Waals surface area contributed by atoms with Crippen LogP contribution in [0, 0.1) is 5.92 Å². The molecule has 1 unspecified atom stereocenters. The summed E-state index contributed by atoms with van der Waals surface area (Å²) in [6.45, 7) is 4.07. The second-order valence-corrected chi connectivity index (χ2v) is 5.49. The SMILES string of the molecule is CCOC(c1nc2c(c(C(=O)OC)n1)CNCC2)C1CC1. The summed E-state index contributed by atoms with van der Waals surface area (Å²) in [6.07, 6.45) is 2.98. The summed E-state index contributed by atoms with van der Waals surface area (Å²) in [6, 6.07) is 0. The lowest BCUT2D eigenvalue weighted by Crippen LogP contribution is -2.29. The summed E-state index contributed by atoms with van der Waals surface area (Å²) in [7, 11) is 1.38. The molecule has 114 valence electrons. The summed E-state index contributed by atoms with van der Waals surface area (Å²) in [5, 5.41) is 3.25. The maximum Gasteiger partial charge on any atom is 0.357 e. The standard InChI is InChI=1S/C15H21N3O3/c1-3-21-13(9-4-5-9)14-17-11-6-7-16-8-10(11)12(18-14)15(19)20-2/h9,13,16H,3-8H2,1-2H3. The fourth-order valence-corrected chi connectivity index (χ4v) is 2.75. The van der Waals surface area contributed by atoms with Crippen molar-refractivity contribution < 1.29 is 14.3 Å². The van der Waals surface area contributed by atoms with E-state index in [9.17, 15) is 4.79 Å². The molecule has 3 rings (SSSR count). The molecule has 0 bridgehead atoms. The zero-order valence-corrected chi connectivity index (χ0v) is 12.5. The number of aromatic nitrogens is 2. The van der Waals surface area contributed by atoms with Gasteiger partial charge in [-0.15, -0.1) is 0 Å². The van der Waals surface area contributed by atoms with Gasteiger partial charge < -0.3 is 14.8 Å². The van der Waals surface area contributed by atoms with E-state index in [0.717, 1.165) is 37.1 Å². The molecule has 1 aliphatic carbocycles. The van der Waals surface area contributed by atoms with Crippen molar-refractivity contribution >= 4 is 5.97 Å². The smallest absolute Gasteiger partial charge is 0.357 e. The highest BCUT2D eigenvalue weighted by atomic mass is 16.5. The third kappa shape index (κ3) is 2.91. The maximum atomic E-state index is 12.0. The van der Waals surface area contributed by atoms with Gasteiger partial charge in [-0.25, -0.2) is 14.8 Å². The Hall–Kier alpha value is -1.53. The van der Waals surface area contributed by atoms with Crippen molar-refractivity contribution in [1.82, 2.24) is 15.3 Å². The lowest BCUT2D eigenvalue weighted by atomic mass is 10.0. The molecular weight excluding hydrogens is 270 g/mol. The molecule has 1 fully saturated rings. The summed E-state index contributed by atoms with van der Waals surface area (Å²) in [5.41, 5.74) is 2.20. The Morgan fingerprint density at radius 1 is 1.43 bits per heavy atom. The van der Waals surface area contributed by atoms with Crippen LogP contribution in [0.3, 0.4) is 0 Å². The molecule has 6 nitrogen and oxygen atoms in total. The van der Waals surface area contributed by atoms with Crippen LogP contribution in [-0.4, -0.2) is 36.2 Å². The van der Waals surface area contributed by atoms with Crippen LogP contribution in [0.4, 0.5) is 0 Å². The van der Waals surface area contributed by atoms with Gasteiger partial charge in [-0.1, -0.05) is 0 Å². The van der Waals surface area contributed by atoms with Gasteiger partial charge in [-0.05, 0) is 25.7 Å². The van der Waals surface area contributed by atoms with Crippen molar-refractivity contribution in [2.45, 2.75) is 38.8 Å². The molecule has 21 heavy (non-hydrogen) atoms. The Balaban J connectivity index is 2.02. The average molecular weight is 291 g/mol. The first-order valence-corrected chi connectivity index (χ1v) is 7.55. The van der Waals surface area contributed by atoms with Crippen molar-refractivity contribution in [2.24, 2.45) is 5.92 Å². The number of methoxy groups -OCH3 is 1. The number of fused-ring (bicyclic) bond motifs is 1. The molecule has 2 aliphatic rings. The molecule has 0 aromatic carbocycles. The minimum absolute atomic E-state index is 0.0985. The first-order chi connectivity index (χ1) is 10.2. The van der Waals surface area contributed by atoms with E-state index >= 15 is 0 Å². The van der Waals surface area contributed by atoms with Gasteiger partial charge in [0.2, 0.25) is 0 Å². The molecule has 6 heteroatoms. The Kier molecular flexibility index (Phi) is 4.17. The number of carbonyl (C=O) groups excluding carboxylic acids is 1. The number of ether oxygens (including phenoxy) is 2. The van der Waals surface area contributed by atoms with E-state index < -0.39 is 5.97 Å². The van der Waals surface area contributed by atoms with Crippen molar-refractivity contribution in [1.29, 1.82) is 0 Å². The number of nitrogens with zero attached hydrogens (tertiary/aromatic N) is 2. The Bertz CT molecular complexity index is 543. The molecule has 1 aromatic rings. The number of carbonyl (C=O) groups is 1. The molecule has 2 heterocycles. The minimum Gasteiger partial charge on any atom is -0.464 e. The molecule has 1 N–H and O–H groups in total. The number of hydrogen-bond acceptors (Lipinski definition) is 6. The fourth-order valence-electron chi connectivity index (χ4n) is 2.75. The van der Waals surface area contributed by atoms with Crippen molar-refractivity contribution in [3.8, 4) is 0 Å². The predicted octanol–water partition coefficient (Wildman–Crippen LogP) is 1.40. The highest BCUT2D eigenvalue weighted by Crippen LogP contribution is 2.42. The van der Waals surface area contributed by atoms with E-state index in [2.05, 4.69) is 15.3 Å². The van der Waals surface area contributed by atoms with E-state index in [-0.39, 0.29) is 6.10 Å². The molecule has 0 amide bonds. The number of rotatable bonds is 5. The van der Waals surface area contributed by atoms with Crippen LogP contribution in [0.1, 0.15) is 53.4 Å². The maximum absolute atomic E-state index is 12.0. The highest BCUT2D eigenvalue weighted by molar-refractivity contribution is 5.89. The summed E-state index contributed by atoms with van der Waals surface area (Å²) in [5.74, 6) is 0.722. The number of esters is 1. The second kappa shape index (κ2) is 6.07. The molecule has 0 radical (unpaired) electrons. The quantitative estimate of drug-likeness (QED) is 0.827. The van der Waals surface area contributed by atoms with Crippen LogP contribution in [0.5, 0.6) is 0 Å². The van der Waals surface area contributed by atoms with Gasteiger partial charge in [-0.3, -0.25) is 0 Å². The molecule has 0 saturated heterocycles. The number of hydrogen-bond donors (Lipinski definition) is 1. The first-order valence-electron chi connectivity index (χ1n) is 7.55. The van der Waals surface area contributed by atoms with E-state index in [1.54, 1.807) is 0 Å². The Morgan fingerprint density at radius 3 is 2.90 bits per heavy atom. The van der Waals surface area contributed by atoms with Gasteiger partial charge in [0.15, 0.2) is 11.5 Å². The van der Waals surface area contributed by atoms with Gasteiger partial charge in [0.25, 0.3) is 0 Å². The van der Waals surface area contributed by atoms with Gasteiger partial charge >= 0.3 is 5.97 Å². The van der Waals surface area contributed by atoms with Crippen LogP contribution >= 0.6 is 0 Å². The van der Waals surface area contributed by atoms with Crippen LogP contribution in [0.15, 0.2) is 0 Å². The van der Waals surface area contributed by atoms with Gasteiger partial charge in [0, 0.05) is 31.7 Å². The lowest BCUT2D eigenvalue weighted by Gasteiger charge is -2.22. The fraction of sp³-hybridized carbons (Fsp3) is 0.667. The predicted molar refractivity (Wildman–Crippen MR) is 75.9 cm³/mol. The minimum atomic E-state index is -0.398. The zero-order valence-electron chi connectivity index (χ0n) is 12.5. The number of nitrogens with one attached hydrogen (secondary N) is 1. The third-order valence-corrected chi connectivity index (χ3v) is 3.98. The lowest BCUT2D eigenvalue weighted by molar-refractivity contribution is 0.0390. The normalized spacial score (nSPS) is 19.0. The summed E-state index contributed by atoms with van der Waals surface area (Å²) >= 11 is 0. The van der Waals surface area contributed by atoms with E-state index in [4.69, 9.17) is 9.47 Å². The monoisotopic (exact) mass is 291 g/mol. The van der Waals surface area contributed by atoms with Crippen LogP contribution in [-0.2, 0) is 22.4 Å². The summed E-state index contributed by atoms with van der Waals surface area (Å²) in [4.78, 5) is 21.2. The molecule has 0 spiro atoms. The Labute approximate surface area is 124 Å². The van der Waals surface area contributed by atoms with Gasteiger partial charge in [0.1, 0.15) is 6.10 Å². The van der Waals surface area contributed by atoms with E-state index in [0.29, 0.717) is 30.6 Å². The van der Waals surface area contributed by atoms with Crippen LogP contribution in [0.25, 0.3) is 0 Å². The van der Waals surface area contributed by atoms with Crippen molar-refractivity contribution in [2.75, 3.05) is 20.3 Å². The van der Waals surface area contributed by atoms with E-state index in [1.807, 2.05) is 6.92 Å². The molecule has 1 atom stereocenters. The van der Waals surface area contributed by atoms with Crippen molar-refractivity contribution in [3.05, 3.63) is 22.8 Å². The molecule has 1 aromatic heterocycles. The molecule has 1 aliphatic heterocycles. The van der Waals surface area contributed by atoms with Gasteiger partial charge in [-0.2, -0.15) is 0 Å². The molecular formula is C15H21N3O3. The third-order valence-electron chi connectivity index (χ3n) is 3.98. The average Bonchev–Trinajstić information content (AvgIpc) is 3.35. The van der Waals surface area contributed by atoms with Crippen LogP contribution < -0.4 is 5.32 Å². The highest BCUT2D eigenvalue weighted by Gasteiger charge is 2.36. The van der Waals surface area contributed by atoms with Crippen LogP contribution in [0.2, 0.25) is 0 Å². The first kappa shape index (κ1) is 14.4. The molecule has 1 saturated carbocycles. The second-order valence-electron chi connectivity index (χ2n) is 5.49. The summed E-state index contributed by atoms with van der Waals surface area (Å²) < 4.78 is 10.7. The van der Waals surface area contributed by atoms with E-state index in [1.165, 1.54) is 7.11 Å².